The second-order valence-electron chi connectivity index (χ2n) is 8.08. The summed E-state index contributed by atoms with van der Waals surface area (Å²) in [5.41, 5.74) is 4.38. The molecule has 0 saturated heterocycles. The molecule has 4 nitrogen and oxygen atoms in total. The van der Waals surface area contributed by atoms with Gasteiger partial charge >= 0.3 is 0 Å². The fourth-order valence-corrected chi connectivity index (χ4v) is 4.00. The van der Waals surface area contributed by atoms with Crippen LogP contribution in [-0.2, 0) is 11.2 Å². The van der Waals surface area contributed by atoms with Gasteiger partial charge in [0, 0.05) is 24.6 Å². The Labute approximate surface area is 174 Å². The number of fused-ring (bicyclic) bond motifs is 1. The maximum absolute atomic E-state index is 13.0. The lowest BCUT2D eigenvalue weighted by Crippen LogP contribution is -2.41. The minimum absolute atomic E-state index is 0.00448. The molecule has 29 heavy (non-hydrogen) atoms. The van der Waals surface area contributed by atoms with E-state index in [2.05, 4.69) is 30.4 Å². The lowest BCUT2D eigenvalue weighted by atomic mass is 9.87. The summed E-state index contributed by atoms with van der Waals surface area (Å²) in [6.07, 6.45) is 4.32. The number of hydrogen-bond acceptors (Lipinski definition) is 2. The molecule has 0 bridgehead atoms. The van der Waals surface area contributed by atoms with E-state index in [0.717, 1.165) is 31.2 Å². The third kappa shape index (κ3) is 5.26. The van der Waals surface area contributed by atoms with Crippen molar-refractivity contribution >= 4 is 11.8 Å². The van der Waals surface area contributed by atoms with Crippen LogP contribution in [0.3, 0.4) is 0 Å². The summed E-state index contributed by atoms with van der Waals surface area (Å²) in [5.74, 6) is 0.00637. The Bertz CT molecular complexity index is 844. The first-order valence-electron chi connectivity index (χ1n) is 10.7. The molecule has 0 aliphatic heterocycles. The summed E-state index contributed by atoms with van der Waals surface area (Å²) >= 11 is 0. The normalized spacial score (nSPS) is 16.6. The van der Waals surface area contributed by atoms with E-state index in [-0.39, 0.29) is 23.9 Å². The third-order valence-electron chi connectivity index (χ3n) is 5.97. The monoisotopic (exact) mass is 392 g/mol. The molecule has 0 radical (unpaired) electrons. The van der Waals surface area contributed by atoms with Crippen LogP contribution in [0, 0.1) is 6.92 Å². The molecule has 154 valence electrons. The molecule has 0 fully saturated rings. The van der Waals surface area contributed by atoms with Gasteiger partial charge in [0.05, 0.1) is 6.04 Å². The number of carbonyl (C=O) groups excluding carboxylic acids is 2. The molecular formula is C25H32N2O2. The van der Waals surface area contributed by atoms with Crippen LogP contribution in [-0.4, -0.2) is 29.3 Å². The highest BCUT2D eigenvalue weighted by molar-refractivity contribution is 5.94. The Morgan fingerprint density at radius 1 is 1.14 bits per heavy atom. The predicted molar refractivity (Wildman–Crippen MR) is 117 cm³/mol. The molecule has 1 aliphatic carbocycles. The zero-order valence-corrected chi connectivity index (χ0v) is 17.8. The fourth-order valence-electron chi connectivity index (χ4n) is 4.00. The van der Waals surface area contributed by atoms with Gasteiger partial charge in [-0.15, -0.1) is 0 Å². The molecule has 0 aromatic heterocycles. The molecular weight excluding hydrogens is 360 g/mol. The highest BCUT2D eigenvalue weighted by Gasteiger charge is 2.24. The van der Waals surface area contributed by atoms with Crippen molar-refractivity contribution < 1.29 is 9.59 Å². The molecule has 4 heteroatoms. The van der Waals surface area contributed by atoms with Crippen molar-refractivity contribution in [1.82, 2.24) is 10.2 Å². The molecule has 3 rings (SSSR count). The van der Waals surface area contributed by atoms with Crippen LogP contribution in [0.15, 0.2) is 48.5 Å². The van der Waals surface area contributed by atoms with Crippen LogP contribution in [0.2, 0.25) is 0 Å². The molecule has 2 atom stereocenters. The highest BCUT2D eigenvalue weighted by Crippen LogP contribution is 2.29. The van der Waals surface area contributed by atoms with E-state index >= 15 is 0 Å². The van der Waals surface area contributed by atoms with Gasteiger partial charge in [-0.25, -0.2) is 0 Å². The first-order chi connectivity index (χ1) is 14.0. The van der Waals surface area contributed by atoms with Crippen molar-refractivity contribution in [3.8, 4) is 0 Å². The molecule has 2 amide bonds. The maximum Gasteiger partial charge on any atom is 0.254 e. The zero-order valence-electron chi connectivity index (χ0n) is 17.8. The number of carbonyl (C=O) groups is 2. The van der Waals surface area contributed by atoms with E-state index in [9.17, 15) is 9.59 Å². The van der Waals surface area contributed by atoms with Gasteiger partial charge in [0.25, 0.3) is 5.91 Å². The lowest BCUT2D eigenvalue weighted by molar-refractivity contribution is -0.122. The Kier molecular flexibility index (Phi) is 7.08. The SMILES string of the molecule is CCC(C)N(CCC(=O)NC1CCCc2ccccc21)C(=O)c1ccc(C)cc1. The number of nitrogens with zero attached hydrogens (tertiary/aromatic N) is 1. The topological polar surface area (TPSA) is 49.4 Å². The number of hydrogen-bond donors (Lipinski definition) is 1. The Hall–Kier alpha value is -2.62. The quantitative estimate of drug-likeness (QED) is 0.734. The molecule has 1 N–H and O–H groups in total. The number of nitrogens with one attached hydrogen (secondary N) is 1. The Morgan fingerprint density at radius 2 is 1.86 bits per heavy atom. The second-order valence-corrected chi connectivity index (χ2v) is 8.08. The van der Waals surface area contributed by atoms with Crippen molar-refractivity contribution in [2.45, 2.75) is 65.0 Å². The molecule has 2 aromatic carbocycles. The largest absolute Gasteiger partial charge is 0.349 e. The fraction of sp³-hybridized carbons (Fsp3) is 0.440. The van der Waals surface area contributed by atoms with Gasteiger partial charge in [0.1, 0.15) is 0 Å². The predicted octanol–water partition coefficient (Wildman–Crippen LogP) is 4.82. The van der Waals surface area contributed by atoms with Crippen LogP contribution in [0.4, 0.5) is 0 Å². The van der Waals surface area contributed by atoms with Crippen LogP contribution < -0.4 is 5.32 Å². The van der Waals surface area contributed by atoms with Gasteiger partial charge in [-0.1, -0.05) is 48.9 Å². The number of amides is 2. The van der Waals surface area contributed by atoms with Gasteiger partial charge < -0.3 is 10.2 Å². The van der Waals surface area contributed by atoms with E-state index in [1.165, 1.54) is 11.1 Å². The summed E-state index contributed by atoms with van der Waals surface area (Å²) in [6.45, 7) is 6.55. The van der Waals surface area contributed by atoms with Gasteiger partial charge in [0.2, 0.25) is 5.91 Å². The standard InChI is InChI=1S/C25H32N2O2/c1-4-19(3)27(25(29)21-14-12-18(2)13-15-21)17-16-24(28)26-23-11-7-9-20-8-5-6-10-22(20)23/h5-6,8,10,12-15,19,23H,4,7,9,11,16-17H2,1-3H3,(H,26,28). The van der Waals surface area contributed by atoms with E-state index in [1.807, 2.05) is 49.1 Å². The van der Waals surface area contributed by atoms with Gasteiger partial charge in [-0.3, -0.25) is 9.59 Å². The van der Waals surface area contributed by atoms with Gasteiger partial charge in [-0.05, 0) is 62.8 Å². The molecule has 0 saturated carbocycles. The molecule has 0 spiro atoms. The van der Waals surface area contributed by atoms with Crippen LogP contribution in [0.5, 0.6) is 0 Å². The summed E-state index contributed by atoms with van der Waals surface area (Å²) in [5, 5.41) is 3.20. The van der Waals surface area contributed by atoms with E-state index < -0.39 is 0 Å². The van der Waals surface area contributed by atoms with E-state index in [0.29, 0.717) is 18.5 Å². The minimum Gasteiger partial charge on any atom is -0.349 e. The van der Waals surface area contributed by atoms with Crippen molar-refractivity contribution in [3.05, 3.63) is 70.8 Å². The number of benzene rings is 2. The molecule has 0 heterocycles. The van der Waals surface area contributed by atoms with E-state index in [1.54, 1.807) is 0 Å². The van der Waals surface area contributed by atoms with Crippen molar-refractivity contribution in [2.75, 3.05) is 6.54 Å². The first kappa shape index (κ1) is 21.1. The lowest BCUT2D eigenvalue weighted by Gasteiger charge is -2.30. The van der Waals surface area contributed by atoms with E-state index in [4.69, 9.17) is 0 Å². The van der Waals surface area contributed by atoms with Crippen LogP contribution in [0.1, 0.15) is 72.6 Å². The average molecular weight is 393 g/mol. The third-order valence-corrected chi connectivity index (χ3v) is 5.97. The molecule has 2 unspecified atom stereocenters. The smallest absolute Gasteiger partial charge is 0.254 e. The van der Waals surface area contributed by atoms with Crippen molar-refractivity contribution in [1.29, 1.82) is 0 Å². The van der Waals surface area contributed by atoms with Crippen molar-refractivity contribution in [3.63, 3.8) is 0 Å². The average Bonchev–Trinajstić information content (AvgIpc) is 2.74. The zero-order chi connectivity index (χ0) is 20.8. The Morgan fingerprint density at radius 3 is 2.59 bits per heavy atom. The number of aryl methyl sites for hydroxylation is 2. The Balaban J connectivity index is 1.63. The van der Waals surface area contributed by atoms with Crippen LogP contribution in [0.25, 0.3) is 0 Å². The molecule has 2 aromatic rings. The minimum atomic E-state index is -0.00448. The summed E-state index contributed by atoms with van der Waals surface area (Å²) in [4.78, 5) is 27.5. The van der Waals surface area contributed by atoms with Crippen LogP contribution >= 0.6 is 0 Å². The van der Waals surface area contributed by atoms with Gasteiger partial charge in [-0.2, -0.15) is 0 Å². The molecule has 1 aliphatic rings. The summed E-state index contributed by atoms with van der Waals surface area (Å²) in [7, 11) is 0. The first-order valence-corrected chi connectivity index (χ1v) is 10.7. The maximum atomic E-state index is 13.0. The van der Waals surface area contributed by atoms with Crippen molar-refractivity contribution in [2.24, 2.45) is 0 Å². The summed E-state index contributed by atoms with van der Waals surface area (Å²) in [6, 6.07) is 16.2. The van der Waals surface area contributed by atoms with Gasteiger partial charge in [0.15, 0.2) is 0 Å². The highest BCUT2D eigenvalue weighted by atomic mass is 16.2. The second kappa shape index (κ2) is 9.73. The number of rotatable bonds is 7. The summed E-state index contributed by atoms with van der Waals surface area (Å²) < 4.78 is 0.